The van der Waals surface area contributed by atoms with Crippen molar-refractivity contribution in [3.63, 3.8) is 0 Å². The van der Waals surface area contributed by atoms with Crippen LogP contribution in [-0.2, 0) is 9.59 Å². The summed E-state index contributed by atoms with van der Waals surface area (Å²) in [4.78, 5) is 22.5. The molecule has 0 saturated carbocycles. The van der Waals surface area contributed by atoms with Crippen LogP contribution in [-0.4, -0.2) is 35.0 Å². The quantitative estimate of drug-likeness (QED) is 0.600. The van der Waals surface area contributed by atoms with Gasteiger partial charge in [-0.25, -0.2) is 4.79 Å². The van der Waals surface area contributed by atoms with Gasteiger partial charge in [-0.2, -0.15) is 11.8 Å². The first kappa shape index (κ1) is 17.0. The highest BCUT2D eigenvalue weighted by atomic mass is 32.2. The molecule has 2 N–H and O–H groups in total. The zero-order valence-corrected chi connectivity index (χ0v) is 12.0. The molecule has 0 bridgehead atoms. The number of carboxylic acids is 1. The molecule has 0 aromatic carbocycles. The molecular formula is C13H23NO3S. The number of carbonyl (C=O) groups excluding carboxylic acids is 1. The van der Waals surface area contributed by atoms with Gasteiger partial charge in [0.15, 0.2) is 0 Å². The highest BCUT2D eigenvalue weighted by molar-refractivity contribution is 7.98. The van der Waals surface area contributed by atoms with E-state index in [4.69, 9.17) is 5.11 Å². The summed E-state index contributed by atoms with van der Waals surface area (Å²) in [5.41, 5.74) is 0. The molecule has 0 rings (SSSR count). The first-order valence-electron chi connectivity index (χ1n) is 6.27. The fraction of sp³-hybridized carbons (Fsp3) is 0.692. The van der Waals surface area contributed by atoms with Crippen LogP contribution >= 0.6 is 11.8 Å². The van der Waals surface area contributed by atoms with Gasteiger partial charge in [0.25, 0.3) is 0 Å². The fourth-order valence-electron chi connectivity index (χ4n) is 1.38. The maximum atomic E-state index is 11.5. The Morgan fingerprint density at radius 1 is 1.33 bits per heavy atom. The van der Waals surface area contributed by atoms with Gasteiger partial charge in [-0.1, -0.05) is 25.5 Å². The lowest BCUT2D eigenvalue weighted by Gasteiger charge is -2.13. The maximum absolute atomic E-state index is 11.5. The normalized spacial score (nSPS) is 12.6. The van der Waals surface area contributed by atoms with Crippen LogP contribution in [0.5, 0.6) is 0 Å². The molecule has 0 aromatic heterocycles. The Kier molecular flexibility index (Phi) is 10.5. The van der Waals surface area contributed by atoms with E-state index < -0.39 is 12.0 Å². The molecule has 18 heavy (non-hydrogen) atoms. The van der Waals surface area contributed by atoms with E-state index in [9.17, 15) is 9.59 Å². The minimum absolute atomic E-state index is 0.190. The second-order valence-electron chi connectivity index (χ2n) is 4.04. The van der Waals surface area contributed by atoms with E-state index in [1.165, 1.54) is 0 Å². The zero-order valence-electron chi connectivity index (χ0n) is 11.1. The molecule has 5 heteroatoms. The first-order chi connectivity index (χ1) is 8.61. The summed E-state index contributed by atoms with van der Waals surface area (Å²) < 4.78 is 0. The topological polar surface area (TPSA) is 66.4 Å². The van der Waals surface area contributed by atoms with Crippen molar-refractivity contribution in [1.29, 1.82) is 0 Å². The molecule has 4 nitrogen and oxygen atoms in total. The van der Waals surface area contributed by atoms with Crippen LogP contribution in [0.4, 0.5) is 0 Å². The average Bonchev–Trinajstić information content (AvgIpc) is 2.33. The van der Waals surface area contributed by atoms with Crippen molar-refractivity contribution in [2.24, 2.45) is 0 Å². The van der Waals surface area contributed by atoms with E-state index in [2.05, 4.69) is 18.3 Å². The predicted octanol–water partition coefficient (Wildman–Crippen LogP) is 2.45. The van der Waals surface area contributed by atoms with Crippen molar-refractivity contribution >= 4 is 23.6 Å². The van der Waals surface area contributed by atoms with Crippen LogP contribution in [0.3, 0.4) is 0 Å². The summed E-state index contributed by atoms with van der Waals surface area (Å²) in [7, 11) is 0. The fourth-order valence-corrected chi connectivity index (χ4v) is 1.85. The van der Waals surface area contributed by atoms with Gasteiger partial charge in [-0.15, -0.1) is 0 Å². The molecule has 0 aromatic rings. The summed E-state index contributed by atoms with van der Waals surface area (Å²) in [6.07, 6.45) is 9.54. The zero-order chi connectivity index (χ0) is 13.8. The van der Waals surface area contributed by atoms with E-state index >= 15 is 0 Å². The van der Waals surface area contributed by atoms with E-state index in [0.29, 0.717) is 19.3 Å². The molecule has 0 unspecified atom stereocenters. The van der Waals surface area contributed by atoms with E-state index in [0.717, 1.165) is 18.6 Å². The molecule has 1 amide bonds. The maximum Gasteiger partial charge on any atom is 0.326 e. The average molecular weight is 273 g/mol. The Morgan fingerprint density at radius 3 is 2.56 bits per heavy atom. The van der Waals surface area contributed by atoms with Crippen molar-refractivity contribution in [2.75, 3.05) is 12.0 Å². The van der Waals surface area contributed by atoms with Crippen LogP contribution in [0.1, 0.15) is 39.0 Å². The molecule has 0 spiro atoms. The minimum atomic E-state index is -0.959. The third-order valence-electron chi connectivity index (χ3n) is 2.40. The van der Waals surface area contributed by atoms with Crippen LogP contribution in [0, 0.1) is 0 Å². The van der Waals surface area contributed by atoms with E-state index in [1.54, 1.807) is 11.8 Å². The highest BCUT2D eigenvalue weighted by Gasteiger charge is 2.18. The van der Waals surface area contributed by atoms with Crippen molar-refractivity contribution in [2.45, 2.75) is 45.1 Å². The third kappa shape index (κ3) is 9.10. The Bertz CT molecular complexity index is 279. The number of unbranched alkanes of at least 4 members (excludes halogenated alkanes) is 1. The number of amides is 1. The van der Waals surface area contributed by atoms with Gasteiger partial charge in [-0.3, -0.25) is 4.79 Å². The Morgan fingerprint density at radius 2 is 2.00 bits per heavy atom. The van der Waals surface area contributed by atoms with E-state index in [-0.39, 0.29) is 5.91 Å². The van der Waals surface area contributed by atoms with Gasteiger partial charge in [0.2, 0.25) is 5.91 Å². The second kappa shape index (κ2) is 11.1. The summed E-state index contributed by atoms with van der Waals surface area (Å²) in [5, 5.41) is 11.5. The molecule has 0 aliphatic carbocycles. The smallest absolute Gasteiger partial charge is 0.326 e. The Balaban J connectivity index is 3.91. The Labute approximate surface area is 113 Å². The van der Waals surface area contributed by atoms with Crippen molar-refractivity contribution in [3.8, 4) is 0 Å². The number of carboxylic acid groups (broad SMARTS) is 1. The van der Waals surface area contributed by atoms with Gasteiger partial charge < -0.3 is 10.4 Å². The molecule has 0 radical (unpaired) electrons. The number of nitrogens with one attached hydrogen (secondary N) is 1. The summed E-state index contributed by atoms with van der Waals surface area (Å²) in [6, 6.07) is -0.760. The number of hydrogen-bond donors (Lipinski definition) is 2. The third-order valence-corrected chi connectivity index (χ3v) is 3.05. The monoisotopic (exact) mass is 273 g/mol. The molecule has 0 aliphatic heterocycles. The van der Waals surface area contributed by atoms with Gasteiger partial charge in [0.05, 0.1) is 0 Å². The lowest BCUT2D eigenvalue weighted by molar-refractivity contribution is -0.141. The highest BCUT2D eigenvalue weighted by Crippen LogP contribution is 2.02. The molecule has 104 valence electrons. The van der Waals surface area contributed by atoms with Gasteiger partial charge in [-0.05, 0) is 31.3 Å². The van der Waals surface area contributed by atoms with Crippen molar-refractivity contribution in [1.82, 2.24) is 5.32 Å². The molecule has 0 aliphatic rings. The summed E-state index contributed by atoms with van der Waals surface area (Å²) >= 11 is 1.58. The van der Waals surface area contributed by atoms with Crippen LogP contribution < -0.4 is 5.32 Å². The number of thioether (sulfide) groups is 1. The number of aliphatic carboxylic acids is 1. The minimum Gasteiger partial charge on any atom is -0.480 e. The lowest BCUT2D eigenvalue weighted by Crippen LogP contribution is -2.41. The summed E-state index contributed by atoms with van der Waals surface area (Å²) in [6.45, 7) is 2.10. The van der Waals surface area contributed by atoms with Crippen LogP contribution in [0.2, 0.25) is 0 Å². The number of rotatable bonds is 10. The first-order valence-corrected chi connectivity index (χ1v) is 7.67. The standard InChI is InChI=1S/C13H23NO3S/c1-3-4-5-6-7-8-12(15)14-11(13(16)17)9-10-18-2/h5-6,11H,3-4,7-10H2,1-2H3,(H,14,15)(H,16,17)/b6-5+/t11-/m0/s1. The van der Waals surface area contributed by atoms with E-state index in [1.807, 2.05) is 12.3 Å². The van der Waals surface area contributed by atoms with Crippen LogP contribution in [0.15, 0.2) is 12.2 Å². The number of carbonyl (C=O) groups is 2. The van der Waals surface area contributed by atoms with Crippen LogP contribution in [0.25, 0.3) is 0 Å². The second-order valence-corrected chi connectivity index (χ2v) is 5.02. The molecule has 1 atom stereocenters. The lowest BCUT2D eigenvalue weighted by atomic mass is 10.2. The van der Waals surface area contributed by atoms with Gasteiger partial charge in [0, 0.05) is 6.42 Å². The molecular weight excluding hydrogens is 250 g/mol. The Hall–Kier alpha value is -0.970. The van der Waals surface area contributed by atoms with Crippen molar-refractivity contribution < 1.29 is 14.7 Å². The van der Waals surface area contributed by atoms with Crippen molar-refractivity contribution in [3.05, 3.63) is 12.2 Å². The van der Waals surface area contributed by atoms with Gasteiger partial charge >= 0.3 is 5.97 Å². The molecule has 0 heterocycles. The largest absolute Gasteiger partial charge is 0.480 e. The number of allylic oxidation sites excluding steroid dienone is 2. The number of hydrogen-bond acceptors (Lipinski definition) is 3. The van der Waals surface area contributed by atoms with Gasteiger partial charge in [0.1, 0.15) is 6.04 Å². The molecule has 0 fully saturated rings. The summed E-state index contributed by atoms with van der Waals surface area (Å²) in [5.74, 6) is -0.420. The predicted molar refractivity (Wildman–Crippen MR) is 75.8 cm³/mol. The SMILES string of the molecule is CCC/C=C/CCC(=O)N[C@@H](CCSC)C(=O)O. The molecule has 0 saturated heterocycles.